The fourth-order valence-electron chi connectivity index (χ4n) is 13.2. The molecule has 328 valence electrons. The number of thiophene rings is 1. The summed E-state index contributed by atoms with van der Waals surface area (Å²) < 4.78 is 2.88. The molecule has 0 atom stereocenters. The van der Waals surface area contributed by atoms with Crippen LogP contribution in [0.15, 0.2) is 109 Å². The Morgan fingerprint density at radius 3 is 1.69 bits per heavy atom. The van der Waals surface area contributed by atoms with Crippen LogP contribution in [0.4, 0.5) is 34.1 Å². The summed E-state index contributed by atoms with van der Waals surface area (Å²) in [5, 5.41) is 1.40. The van der Waals surface area contributed by atoms with E-state index in [-0.39, 0.29) is 39.2 Å². The zero-order chi connectivity index (χ0) is 45.5. The van der Waals surface area contributed by atoms with E-state index in [1.807, 2.05) is 0 Å². The van der Waals surface area contributed by atoms with Gasteiger partial charge in [-0.1, -0.05) is 151 Å². The summed E-state index contributed by atoms with van der Waals surface area (Å²) in [5.74, 6) is 0. The maximum absolute atomic E-state index is 2.72. The Morgan fingerprint density at radius 1 is 0.508 bits per heavy atom. The summed E-state index contributed by atoms with van der Waals surface area (Å²) in [4.78, 5) is 5.39. The third kappa shape index (κ3) is 5.65. The Hall–Kier alpha value is -5.06. The van der Waals surface area contributed by atoms with E-state index in [0.29, 0.717) is 0 Å². The highest BCUT2D eigenvalue weighted by Crippen LogP contribution is 2.57. The molecule has 3 heterocycles. The molecule has 7 aromatic rings. The fourth-order valence-corrected chi connectivity index (χ4v) is 14.5. The average molecular weight is 869 g/mol. The van der Waals surface area contributed by atoms with Crippen molar-refractivity contribution in [1.82, 2.24) is 0 Å². The normalized spacial score (nSPS) is 19.7. The van der Waals surface area contributed by atoms with E-state index < -0.39 is 0 Å². The van der Waals surface area contributed by atoms with Crippen molar-refractivity contribution in [3.05, 3.63) is 148 Å². The highest BCUT2D eigenvalue weighted by Gasteiger charge is 2.50. The molecular formula is C61H65BN2S. The lowest BCUT2D eigenvalue weighted by atomic mass is 9.35. The van der Waals surface area contributed by atoms with E-state index in [0.717, 1.165) is 0 Å². The summed E-state index contributed by atoms with van der Waals surface area (Å²) in [6, 6.07) is 43.7. The van der Waals surface area contributed by atoms with Gasteiger partial charge in [-0.05, 0) is 162 Å². The highest BCUT2D eigenvalue weighted by atomic mass is 32.1. The summed E-state index contributed by atoms with van der Waals surface area (Å²) in [6.45, 7) is 31.8. The molecule has 0 bridgehead atoms. The first-order chi connectivity index (χ1) is 30.6. The molecule has 1 aromatic heterocycles. The molecule has 3 aliphatic carbocycles. The highest BCUT2D eigenvalue weighted by molar-refractivity contribution is 7.33. The van der Waals surface area contributed by atoms with Gasteiger partial charge in [0.25, 0.3) is 6.71 Å². The molecule has 0 saturated heterocycles. The smallest absolute Gasteiger partial charge is 0.264 e. The second-order valence-electron chi connectivity index (χ2n) is 24.7. The second kappa shape index (κ2) is 13.1. The van der Waals surface area contributed by atoms with Crippen molar-refractivity contribution < 1.29 is 0 Å². The van der Waals surface area contributed by atoms with Crippen LogP contribution in [0, 0.1) is 0 Å². The largest absolute Gasteiger partial charge is 0.311 e. The van der Waals surface area contributed by atoms with Crippen molar-refractivity contribution in [3.63, 3.8) is 0 Å². The third-order valence-electron chi connectivity index (χ3n) is 17.3. The molecule has 0 spiro atoms. The van der Waals surface area contributed by atoms with Gasteiger partial charge in [0, 0.05) is 43.0 Å². The minimum Gasteiger partial charge on any atom is -0.311 e. The van der Waals surface area contributed by atoms with Crippen LogP contribution in [-0.2, 0) is 32.5 Å². The summed E-state index contributed by atoms with van der Waals surface area (Å²) in [6.07, 6.45) is 4.77. The van der Waals surface area contributed by atoms with E-state index >= 15 is 0 Å². The number of nitrogens with zero attached hydrogens (tertiary/aromatic N) is 2. The van der Waals surface area contributed by atoms with E-state index in [9.17, 15) is 0 Å². The summed E-state index contributed by atoms with van der Waals surface area (Å²) in [7, 11) is 0. The maximum atomic E-state index is 2.72. The topological polar surface area (TPSA) is 6.48 Å². The van der Waals surface area contributed by atoms with Gasteiger partial charge in [0.2, 0.25) is 0 Å². The van der Waals surface area contributed by atoms with Gasteiger partial charge >= 0.3 is 0 Å². The molecular weight excluding hydrogens is 804 g/mol. The Kier molecular flexibility index (Phi) is 8.34. The Morgan fingerprint density at radius 2 is 1.05 bits per heavy atom. The molecule has 0 radical (unpaired) electrons. The minimum atomic E-state index is -0.177. The predicted octanol–water partition coefficient (Wildman–Crippen LogP) is 15.3. The van der Waals surface area contributed by atoms with Gasteiger partial charge in [-0.25, -0.2) is 0 Å². The van der Waals surface area contributed by atoms with Crippen LogP contribution >= 0.6 is 11.3 Å². The van der Waals surface area contributed by atoms with E-state index in [2.05, 4.69) is 220 Å². The lowest BCUT2D eigenvalue weighted by molar-refractivity contribution is 0.332. The number of rotatable bonds is 2. The molecule has 0 unspecified atom stereocenters. The zero-order valence-corrected chi connectivity index (χ0v) is 41.9. The maximum Gasteiger partial charge on any atom is 0.264 e. The monoisotopic (exact) mass is 868 g/mol. The van der Waals surface area contributed by atoms with Gasteiger partial charge in [-0.15, -0.1) is 11.3 Å². The number of benzene rings is 6. The molecule has 4 heteroatoms. The average Bonchev–Trinajstić information content (AvgIpc) is 3.75. The lowest BCUT2D eigenvalue weighted by Gasteiger charge is -2.47. The van der Waals surface area contributed by atoms with Crippen LogP contribution in [0.5, 0.6) is 0 Å². The minimum absolute atomic E-state index is 0.0597. The fraction of sp³-hybridized carbons (Fsp3) is 0.377. The molecule has 6 aromatic carbocycles. The van der Waals surface area contributed by atoms with Gasteiger partial charge in [0.05, 0.1) is 11.4 Å². The summed E-state index contributed by atoms with van der Waals surface area (Å²) in [5.41, 5.74) is 24.0. The van der Waals surface area contributed by atoms with Gasteiger partial charge in [0.15, 0.2) is 0 Å². The number of hydrogen-bond acceptors (Lipinski definition) is 3. The Labute approximate surface area is 393 Å². The summed E-state index contributed by atoms with van der Waals surface area (Å²) >= 11 is 2.07. The van der Waals surface area contributed by atoms with E-state index in [1.165, 1.54) is 136 Å². The predicted molar refractivity (Wildman–Crippen MR) is 283 cm³/mol. The zero-order valence-electron chi connectivity index (χ0n) is 41.1. The molecule has 2 aliphatic heterocycles. The number of anilines is 6. The van der Waals surface area contributed by atoms with E-state index in [4.69, 9.17) is 0 Å². The molecule has 0 fully saturated rings. The van der Waals surface area contributed by atoms with Gasteiger partial charge in [-0.2, -0.15) is 0 Å². The van der Waals surface area contributed by atoms with Gasteiger partial charge in [-0.3, -0.25) is 0 Å². The van der Waals surface area contributed by atoms with E-state index in [1.54, 1.807) is 0 Å². The van der Waals surface area contributed by atoms with Crippen molar-refractivity contribution in [3.8, 4) is 11.1 Å². The van der Waals surface area contributed by atoms with Crippen molar-refractivity contribution in [2.75, 3.05) is 9.80 Å². The van der Waals surface area contributed by atoms with Crippen molar-refractivity contribution in [1.29, 1.82) is 0 Å². The molecule has 12 rings (SSSR count). The van der Waals surface area contributed by atoms with Gasteiger partial charge < -0.3 is 9.80 Å². The lowest BCUT2D eigenvalue weighted by Crippen LogP contribution is -2.61. The van der Waals surface area contributed by atoms with Crippen LogP contribution in [0.2, 0.25) is 0 Å². The van der Waals surface area contributed by atoms with Crippen molar-refractivity contribution in [2.45, 2.75) is 148 Å². The quantitative estimate of drug-likeness (QED) is 0.160. The van der Waals surface area contributed by atoms with Crippen LogP contribution < -0.4 is 25.5 Å². The van der Waals surface area contributed by atoms with Crippen LogP contribution in [0.25, 0.3) is 21.2 Å². The first-order valence-electron chi connectivity index (χ1n) is 24.5. The molecule has 65 heavy (non-hydrogen) atoms. The van der Waals surface area contributed by atoms with Gasteiger partial charge in [0.1, 0.15) is 0 Å². The SMILES string of the molecule is CC(C)(C)c1ccc(N2c3cccc4c3B(c3cc5c(cc3N4c3cccc4c3C(C)(C)c3ccccc3-4)C(C)(C)CCC5(C)C)c3sc4cc5c(cc4c32)C(C)(C)CCC5(C)C)cc1. The van der Waals surface area contributed by atoms with Crippen LogP contribution in [0.3, 0.4) is 0 Å². The number of hydrogen-bond donors (Lipinski definition) is 0. The third-order valence-corrected chi connectivity index (χ3v) is 18.5. The Balaban J connectivity index is 1.21. The molecule has 2 nitrogen and oxygen atoms in total. The number of fused-ring (bicyclic) bond motifs is 11. The molecule has 5 aliphatic rings. The molecule has 0 saturated carbocycles. The molecule has 0 amide bonds. The van der Waals surface area contributed by atoms with Crippen molar-refractivity contribution >= 4 is 78.0 Å². The standard InChI is InChI=1S/C61H65BN2S/c1-56(2,3)36-24-26-37(27-25-36)63-48-22-17-23-49-53(48)62(55-54(63)40-32-42-45(35-51(40)65-55)60(10,11)31-28-57(42,4)5)46-33-43-44(59(8,9)30-29-58(43,6)7)34-50(46)64(49)47-21-16-19-39-38-18-14-15-20-41(38)61(12,13)52(39)47/h14-27,32-35H,28-31H2,1-13H3. The van der Waals surface area contributed by atoms with Crippen LogP contribution in [0.1, 0.15) is 155 Å². The molecule has 0 N–H and O–H groups in total. The first kappa shape index (κ1) is 41.4. The first-order valence-corrected chi connectivity index (χ1v) is 25.3. The van der Waals surface area contributed by atoms with Crippen molar-refractivity contribution in [2.24, 2.45) is 0 Å². The van der Waals surface area contributed by atoms with Crippen LogP contribution in [-0.4, -0.2) is 6.71 Å². The Bertz CT molecular complexity index is 3180. The second-order valence-corrected chi connectivity index (χ2v) is 25.8.